The van der Waals surface area contributed by atoms with E-state index in [1.165, 1.54) is 17.2 Å². The number of hydrogen-bond donors (Lipinski definition) is 2. The van der Waals surface area contributed by atoms with Crippen molar-refractivity contribution in [3.8, 4) is 11.3 Å². The van der Waals surface area contributed by atoms with E-state index in [4.69, 9.17) is 0 Å². The van der Waals surface area contributed by atoms with Gasteiger partial charge in [-0.3, -0.25) is 9.89 Å². The molecule has 0 aliphatic heterocycles. The number of nitrogens with zero attached hydrogens (tertiary/aromatic N) is 4. The average molecular weight is 347 g/mol. The first kappa shape index (κ1) is 13.5. The molecule has 2 aromatic heterocycles. The molecule has 2 N–H and O–H groups in total. The highest BCUT2D eigenvalue weighted by atomic mass is 79.9. The van der Waals surface area contributed by atoms with E-state index in [9.17, 15) is 4.79 Å². The molecule has 7 nitrogen and oxygen atoms in total. The van der Waals surface area contributed by atoms with Crippen LogP contribution in [0.1, 0.15) is 0 Å². The largest absolute Gasteiger partial charge is 0.308 e. The molecular weight excluding hydrogens is 336 g/mol. The summed E-state index contributed by atoms with van der Waals surface area (Å²) in [5.74, 6) is 0.217. The molecule has 0 spiro atoms. The number of amides is 1. The molecule has 0 radical (unpaired) electrons. The van der Waals surface area contributed by atoms with Gasteiger partial charge < -0.3 is 5.32 Å². The first-order valence-corrected chi connectivity index (χ1v) is 6.96. The molecular formula is C13H11BrN6O. The highest BCUT2D eigenvalue weighted by Crippen LogP contribution is 2.27. The van der Waals surface area contributed by atoms with Crippen molar-refractivity contribution >= 4 is 27.7 Å². The summed E-state index contributed by atoms with van der Waals surface area (Å²) < 4.78 is 0.951. The summed E-state index contributed by atoms with van der Waals surface area (Å²) in [6, 6.07) is 9.54. The SMILES string of the molecule is O=C(Cn1nccn1)Nc1cc(-c2ccccc2Br)[nH]n1. The molecule has 0 unspecified atom stereocenters. The maximum Gasteiger partial charge on any atom is 0.249 e. The minimum atomic E-state index is -0.239. The van der Waals surface area contributed by atoms with Gasteiger partial charge in [0.05, 0.1) is 18.1 Å². The number of carbonyl (C=O) groups excluding carboxylic acids is 1. The molecule has 0 aliphatic carbocycles. The predicted molar refractivity (Wildman–Crippen MR) is 80.4 cm³/mol. The van der Waals surface area contributed by atoms with Crippen LogP contribution in [0.2, 0.25) is 0 Å². The van der Waals surface area contributed by atoms with Crippen LogP contribution in [-0.4, -0.2) is 31.1 Å². The molecule has 21 heavy (non-hydrogen) atoms. The van der Waals surface area contributed by atoms with Crippen molar-refractivity contribution in [2.24, 2.45) is 0 Å². The highest BCUT2D eigenvalue weighted by molar-refractivity contribution is 9.10. The summed E-state index contributed by atoms with van der Waals surface area (Å²) in [7, 11) is 0. The zero-order valence-electron chi connectivity index (χ0n) is 10.8. The van der Waals surface area contributed by atoms with E-state index in [1.807, 2.05) is 24.3 Å². The number of rotatable bonds is 4. The number of nitrogens with one attached hydrogen (secondary N) is 2. The Morgan fingerprint density at radius 2 is 2.05 bits per heavy atom. The van der Waals surface area contributed by atoms with Gasteiger partial charge in [-0.2, -0.15) is 20.1 Å². The first-order valence-electron chi connectivity index (χ1n) is 6.16. The number of carbonyl (C=O) groups is 1. The van der Waals surface area contributed by atoms with Crippen LogP contribution in [0.3, 0.4) is 0 Å². The van der Waals surface area contributed by atoms with Crippen LogP contribution < -0.4 is 5.32 Å². The third-order valence-corrected chi connectivity index (χ3v) is 3.45. The summed E-state index contributed by atoms with van der Waals surface area (Å²) in [6.45, 7) is 0.0459. The second-order valence-electron chi connectivity index (χ2n) is 4.25. The number of hydrogen-bond acceptors (Lipinski definition) is 4. The third-order valence-electron chi connectivity index (χ3n) is 2.76. The lowest BCUT2D eigenvalue weighted by Crippen LogP contribution is -2.20. The summed E-state index contributed by atoms with van der Waals surface area (Å²) in [5.41, 5.74) is 1.79. The molecule has 1 aromatic carbocycles. The molecule has 0 aliphatic rings. The predicted octanol–water partition coefficient (Wildman–Crippen LogP) is 2.07. The van der Waals surface area contributed by atoms with Gasteiger partial charge in [0.15, 0.2) is 5.82 Å². The quantitative estimate of drug-likeness (QED) is 0.756. The Balaban J connectivity index is 1.71. The topological polar surface area (TPSA) is 88.5 Å². The number of aromatic nitrogens is 5. The number of anilines is 1. The van der Waals surface area contributed by atoms with Crippen LogP contribution in [0.5, 0.6) is 0 Å². The number of benzene rings is 1. The summed E-state index contributed by atoms with van der Waals surface area (Å²) in [5, 5.41) is 17.4. The Kier molecular flexibility index (Phi) is 3.78. The molecule has 0 saturated heterocycles. The number of halogens is 1. The monoisotopic (exact) mass is 346 g/mol. The van der Waals surface area contributed by atoms with E-state index < -0.39 is 0 Å². The average Bonchev–Trinajstić information content (AvgIpc) is 3.11. The van der Waals surface area contributed by atoms with Gasteiger partial charge in [-0.05, 0) is 6.07 Å². The zero-order valence-corrected chi connectivity index (χ0v) is 12.4. The van der Waals surface area contributed by atoms with E-state index in [-0.39, 0.29) is 12.5 Å². The van der Waals surface area contributed by atoms with E-state index >= 15 is 0 Å². The van der Waals surface area contributed by atoms with E-state index in [1.54, 1.807) is 6.07 Å². The minimum Gasteiger partial charge on any atom is -0.308 e. The van der Waals surface area contributed by atoms with Gasteiger partial charge in [-0.1, -0.05) is 34.1 Å². The maximum atomic E-state index is 11.8. The standard InChI is InChI=1S/C13H11BrN6O/c14-10-4-2-1-3-9(10)11-7-12(19-18-11)17-13(21)8-20-15-5-6-16-20/h1-7H,8H2,(H2,17,18,19,21). The first-order chi connectivity index (χ1) is 10.2. The molecule has 0 saturated carbocycles. The molecule has 1 amide bonds. The lowest BCUT2D eigenvalue weighted by Gasteiger charge is -2.00. The molecule has 0 bridgehead atoms. The molecule has 0 fully saturated rings. The Bertz CT molecular complexity index is 752. The van der Waals surface area contributed by atoms with Gasteiger partial charge in [0, 0.05) is 16.1 Å². The van der Waals surface area contributed by atoms with Crippen molar-refractivity contribution in [3.63, 3.8) is 0 Å². The van der Waals surface area contributed by atoms with Crippen LogP contribution in [0.4, 0.5) is 5.82 Å². The van der Waals surface area contributed by atoms with Crippen LogP contribution in [0.25, 0.3) is 11.3 Å². The van der Waals surface area contributed by atoms with Crippen LogP contribution in [0.15, 0.2) is 47.2 Å². The zero-order chi connectivity index (χ0) is 14.7. The fourth-order valence-electron chi connectivity index (χ4n) is 1.84. The van der Waals surface area contributed by atoms with E-state index in [0.717, 1.165) is 15.7 Å². The second-order valence-corrected chi connectivity index (χ2v) is 5.11. The lowest BCUT2D eigenvalue weighted by molar-refractivity contribution is -0.117. The fraction of sp³-hybridized carbons (Fsp3) is 0.0769. The molecule has 0 atom stereocenters. The second kappa shape index (κ2) is 5.88. The molecule has 8 heteroatoms. The van der Waals surface area contributed by atoms with Crippen LogP contribution >= 0.6 is 15.9 Å². The number of H-pyrrole nitrogens is 1. The van der Waals surface area contributed by atoms with Gasteiger partial charge in [0.1, 0.15) is 6.54 Å². The van der Waals surface area contributed by atoms with E-state index in [2.05, 4.69) is 41.6 Å². The normalized spacial score (nSPS) is 10.5. The van der Waals surface area contributed by atoms with Crippen molar-refractivity contribution in [1.82, 2.24) is 25.2 Å². The highest BCUT2D eigenvalue weighted by Gasteiger charge is 2.10. The maximum absolute atomic E-state index is 11.8. The van der Waals surface area contributed by atoms with Crippen molar-refractivity contribution < 1.29 is 4.79 Å². The van der Waals surface area contributed by atoms with Gasteiger partial charge >= 0.3 is 0 Å². The Hall–Kier alpha value is -2.48. The van der Waals surface area contributed by atoms with Crippen molar-refractivity contribution in [2.75, 3.05) is 5.32 Å². The molecule has 106 valence electrons. The third kappa shape index (κ3) is 3.16. The van der Waals surface area contributed by atoms with Crippen LogP contribution in [0, 0.1) is 0 Å². The van der Waals surface area contributed by atoms with Crippen molar-refractivity contribution in [1.29, 1.82) is 0 Å². The van der Waals surface area contributed by atoms with Crippen LogP contribution in [-0.2, 0) is 11.3 Å². The lowest BCUT2D eigenvalue weighted by atomic mass is 10.1. The summed E-state index contributed by atoms with van der Waals surface area (Å²) >= 11 is 3.48. The minimum absolute atomic E-state index is 0.0459. The smallest absolute Gasteiger partial charge is 0.249 e. The number of aromatic amines is 1. The van der Waals surface area contributed by atoms with Gasteiger partial charge in [0.2, 0.25) is 5.91 Å². The van der Waals surface area contributed by atoms with Gasteiger partial charge in [-0.15, -0.1) is 0 Å². The Morgan fingerprint density at radius 3 is 2.81 bits per heavy atom. The van der Waals surface area contributed by atoms with Crippen molar-refractivity contribution in [2.45, 2.75) is 6.54 Å². The Labute approximate surface area is 128 Å². The van der Waals surface area contributed by atoms with Gasteiger partial charge in [-0.25, -0.2) is 0 Å². The van der Waals surface area contributed by atoms with Crippen molar-refractivity contribution in [3.05, 3.63) is 47.2 Å². The van der Waals surface area contributed by atoms with Gasteiger partial charge in [0.25, 0.3) is 0 Å². The Morgan fingerprint density at radius 1 is 1.29 bits per heavy atom. The fourth-order valence-corrected chi connectivity index (χ4v) is 2.34. The summed E-state index contributed by atoms with van der Waals surface area (Å²) in [6.07, 6.45) is 3.04. The van der Waals surface area contributed by atoms with E-state index in [0.29, 0.717) is 5.82 Å². The molecule has 2 heterocycles. The molecule has 3 aromatic rings. The summed E-state index contributed by atoms with van der Waals surface area (Å²) in [4.78, 5) is 13.1. The molecule has 3 rings (SSSR count).